The Hall–Kier alpha value is -1.61. The van der Waals surface area contributed by atoms with Gasteiger partial charge in [-0.25, -0.2) is 0 Å². The van der Waals surface area contributed by atoms with Gasteiger partial charge in [0.2, 0.25) is 0 Å². The number of hydrogen-bond acceptors (Lipinski definition) is 2. The van der Waals surface area contributed by atoms with Gasteiger partial charge < -0.3 is 5.11 Å². The van der Waals surface area contributed by atoms with Crippen molar-refractivity contribution >= 4 is 0 Å². The molecule has 0 bridgehead atoms. The van der Waals surface area contributed by atoms with Crippen molar-refractivity contribution in [3.05, 3.63) is 41.6 Å². The van der Waals surface area contributed by atoms with Crippen LogP contribution in [-0.4, -0.2) is 21.4 Å². The van der Waals surface area contributed by atoms with E-state index in [1.54, 1.807) is 0 Å². The standard InChI is InChI=1S/C17H20N2O/c1-11-2-4-12(5-3-11)15-6-16(19-18-15)13-7-17(8-13)9-14(20)10-17/h2-6,13-14,20H,7-10H2,1H3,(H,18,19). The zero-order valence-corrected chi connectivity index (χ0v) is 11.8. The fourth-order valence-corrected chi connectivity index (χ4v) is 3.90. The first-order chi connectivity index (χ1) is 9.63. The quantitative estimate of drug-likeness (QED) is 0.877. The van der Waals surface area contributed by atoms with Crippen LogP contribution < -0.4 is 0 Å². The fraction of sp³-hybridized carbons (Fsp3) is 0.471. The maximum atomic E-state index is 9.46. The highest BCUT2D eigenvalue weighted by Crippen LogP contribution is 2.61. The van der Waals surface area contributed by atoms with Crippen LogP contribution in [-0.2, 0) is 0 Å². The molecule has 2 aromatic rings. The van der Waals surface area contributed by atoms with Crippen LogP contribution in [0.4, 0.5) is 0 Å². The molecule has 0 unspecified atom stereocenters. The molecule has 3 nitrogen and oxygen atoms in total. The van der Waals surface area contributed by atoms with Crippen molar-refractivity contribution in [3.8, 4) is 11.3 Å². The molecule has 20 heavy (non-hydrogen) atoms. The average molecular weight is 268 g/mol. The Balaban J connectivity index is 1.48. The summed E-state index contributed by atoms with van der Waals surface area (Å²) in [5.74, 6) is 0.606. The number of rotatable bonds is 2. The number of aliphatic hydroxyl groups excluding tert-OH is 1. The van der Waals surface area contributed by atoms with E-state index in [9.17, 15) is 5.11 Å². The summed E-state index contributed by atoms with van der Waals surface area (Å²) in [5.41, 5.74) is 5.20. The van der Waals surface area contributed by atoms with E-state index in [4.69, 9.17) is 0 Å². The molecule has 104 valence electrons. The van der Waals surface area contributed by atoms with Crippen molar-refractivity contribution in [2.24, 2.45) is 5.41 Å². The molecule has 2 aliphatic rings. The second kappa shape index (κ2) is 4.19. The first-order valence-corrected chi connectivity index (χ1v) is 7.44. The first kappa shape index (κ1) is 12.2. The van der Waals surface area contributed by atoms with Crippen molar-refractivity contribution in [2.75, 3.05) is 0 Å². The van der Waals surface area contributed by atoms with Gasteiger partial charge in [-0.2, -0.15) is 5.10 Å². The lowest BCUT2D eigenvalue weighted by atomic mass is 9.50. The molecule has 2 N–H and O–H groups in total. The Morgan fingerprint density at radius 1 is 1.15 bits per heavy atom. The molecule has 0 atom stereocenters. The molecule has 0 amide bonds. The predicted molar refractivity (Wildman–Crippen MR) is 78.4 cm³/mol. The van der Waals surface area contributed by atoms with Gasteiger partial charge in [0, 0.05) is 17.2 Å². The van der Waals surface area contributed by atoms with Crippen molar-refractivity contribution in [1.29, 1.82) is 0 Å². The summed E-state index contributed by atoms with van der Waals surface area (Å²) in [6.45, 7) is 2.10. The van der Waals surface area contributed by atoms with E-state index in [0.29, 0.717) is 11.3 Å². The van der Waals surface area contributed by atoms with Gasteiger partial charge in [-0.15, -0.1) is 0 Å². The van der Waals surface area contributed by atoms with Gasteiger partial charge in [0.25, 0.3) is 0 Å². The molecule has 1 spiro atoms. The molecule has 0 saturated heterocycles. The Morgan fingerprint density at radius 2 is 1.85 bits per heavy atom. The van der Waals surface area contributed by atoms with Crippen LogP contribution in [0.2, 0.25) is 0 Å². The number of nitrogens with zero attached hydrogens (tertiary/aromatic N) is 1. The Labute approximate surface area is 119 Å². The highest BCUT2D eigenvalue weighted by Gasteiger charge is 2.53. The second-order valence-corrected chi connectivity index (χ2v) is 6.74. The van der Waals surface area contributed by atoms with Gasteiger partial charge in [0.05, 0.1) is 11.8 Å². The van der Waals surface area contributed by atoms with Crippen LogP contribution in [0.5, 0.6) is 0 Å². The van der Waals surface area contributed by atoms with E-state index in [1.165, 1.54) is 29.7 Å². The van der Waals surface area contributed by atoms with Gasteiger partial charge >= 0.3 is 0 Å². The number of aromatic amines is 1. The van der Waals surface area contributed by atoms with E-state index >= 15 is 0 Å². The maximum Gasteiger partial charge on any atom is 0.0923 e. The topological polar surface area (TPSA) is 48.9 Å². The molecule has 1 heterocycles. The van der Waals surface area contributed by atoms with Crippen molar-refractivity contribution in [2.45, 2.75) is 44.6 Å². The number of benzene rings is 1. The van der Waals surface area contributed by atoms with E-state index in [2.05, 4.69) is 47.5 Å². The highest BCUT2D eigenvalue weighted by molar-refractivity contribution is 5.59. The number of hydrogen-bond donors (Lipinski definition) is 2. The lowest BCUT2D eigenvalue weighted by molar-refractivity contribution is -0.0930. The molecule has 2 fully saturated rings. The molecule has 2 aliphatic carbocycles. The summed E-state index contributed by atoms with van der Waals surface area (Å²) >= 11 is 0. The molecular weight excluding hydrogens is 248 g/mol. The predicted octanol–water partition coefficient (Wildman–Crippen LogP) is 3.40. The van der Waals surface area contributed by atoms with Crippen LogP contribution in [0.15, 0.2) is 30.3 Å². The van der Waals surface area contributed by atoms with Crippen LogP contribution >= 0.6 is 0 Å². The van der Waals surface area contributed by atoms with Gasteiger partial charge in [-0.1, -0.05) is 29.8 Å². The molecule has 0 radical (unpaired) electrons. The summed E-state index contributed by atoms with van der Waals surface area (Å²) in [5, 5.41) is 17.1. The third kappa shape index (κ3) is 1.88. The number of aromatic nitrogens is 2. The maximum absolute atomic E-state index is 9.46. The molecular formula is C17H20N2O. The summed E-state index contributed by atoms with van der Waals surface area (Å²) in [7, 11) is 0. The van der Waals surface area contributed by atoms with Gasteiger partial charge in [-0.3, -0.25) is 5.10 Å². The molecule has 1 aromatic heterocycles. The SMILES string of the molecule is Cc1ccc(-c2cc(C3CC4(CC(O)C4)C3)[nH]n2)cc1. The summed E-state index contributed by atoms with van der Waals surface area (Å²) in [4.78, 5) is 0. The third-order valence-electron chi connectivity index (χ3n) is 5.08. The lowest BCUT2D eigenvalue weighted by Crippen LogP contribution is -2.49. The molecule has 0 aliphatic heterocycles. The van der Waals surface area contributed by atoms with Crippen molar-refractivity contribution in [3.63, 3.8) is 0 Å². The monoisotopic (exact) mass is 268 g/mol. The summed E-state index contributed by atoms with van der Waals surface area (Å²) < 4.78 is 0. The van der Waals surface area contributed by atoms with Crippen LogP contribution in [0.3, 0.4) is 0 Å². The number of aryl methyl sites for hydroxylation is 1. The number of H-pyrrole nitrogens is 1. The average Bonchev–Trinajstić information content (AvgIpc) is 2.82. The third-order valence-corrected chi connectivity index (χ3v) is 5.08. The zero-order chi connectivity index (χ0) is 13.7. The summed E-state index contributed by atoms with van der Waals surface area (Å²) in [6.07, 6.45) is 4.38. The van der Waals surface area contributed by atoms with E-state index in [0.717, 1.165) is 18.5 Å². The molecule has 1 aromatic carbocycles. The van der Waals surface area contributed by atoms with E-state index < -0.39 is 0 Å². The van der Waals surface area contributed by atoms with E-state index in [1.807, 2.05) is 0 Å². The molecule has 2 saturated carbocycles. The van der Waals surface area contributed by atoms with E-state index in [-0.39, 0.29) is 6.10 Å². The smallest absolute Gasteiger partial charge is 0.0923 e. The molecule has 3 heteroatoms. The Bertz CT molecular complexity index is 615. The number of aliphatic hydroxyl groups is 1. The molecule has 4 rings (SSSR count). The minimum Gasteiger partial charge on any atom is -0.393 e. The minimum atomic E-state index is -0.0409. The first-order valence-electron chi connectivity index (χ1n) is 7.44. The normalized spacial score (nSPS) is 31.9. The second-order valence-electron chi connectivity index (χ2n) is 6.74. The fourth-order valence-electron chi connectivity index (χ4n) is 3.90. The zero-order valence-electron chi connectivity index (χ0n) is 11.8. The van der Waals surface area contributed by atoms with Crippen LogP contribution in [0.25, 0.3) is 11.3 Å². The van der Waals surface area contributed by atoms with Gasteiger partial charge in [0.15, 0.2) is 0 Å². The van der Waals surface area contributed by atoms with Crippen molar-refractivity contribution < 1.29 is 5.11 Å². The summed E-state index contributed by atoms with van der Waals surface area (Å²) in [6, 6.07) is 10.7. The van der Waals surface area contributed by atoms with Gasteiger partial charge in [0.1, 0.15) is 0 Å². The Morgan fingerprint density at radius 3 is 2.50 bits per heavy atom. The van der Waals surface area contributed by atoms with Crippen LogP contribution in [0.1, 0.15) is 42.9 Å². The van der Waals surface area contributed by atoms with Gasteiger partial charge in [-0.05, 0) is 44.1 Å². The van der Waals surface area contributed by atoms with Crippen LogP contribution in [0, 0.1) is 12.3 Å². The Kier molecular flexibility index (Phi) is 2.55. The number of nitrogens with one attached hydrogen (secondary N) is 1. The minimum absolute atomic E-state index is 0.0409. The lowest BCUT2D eigenvalue weighted by Gasteiger charge is -2.56. The van der Waals surface area contributed by atoms with Crippen molar-refractivity contribution in [1.82, 2.24) is 10.2 Å². The largest absolute Gasteiger partial charge is 0.393 e. The highest BCUT2D eigenvalue weighted by atomic mass is 16.3.